The normalized spacial score (nSPS) is 14.0. The molecule has 6 heteroatoms. The smallest absolute Gasteiger partial charge is 0.251 e. The Morgan fingerprint density at radius 1 is 0.919 bits per heavy atom. The molecule has 0 heterocycles. The number of amidine groups is 1. The zero-order valence-electron chi connectivity index (χ0n) is 20.4. The number of nitrogens with one attached hydrogen (secondary N) is 2. The third-order valence-electron chi connectivity index (χ3n) is 7.08. The van der Waals surface area contributed by atoms with Crippen molar-refractivity contribution in [2.45, 2.75) is 32.2 Å². The second-order valence-corrected chi connectivity index (χ2v) is 9.35. The Morgan fingerprint density at radius 3 is 2.32 bits per heavy atom. The third kappa shape index (κ3) is 4.75. The summed E-state index contributed by atoms with van der Waals surface area (Å²) < 4.78 is 28.8. The third-order valence-corrected chi connectivity index (χ3v) is 7.08. The maximum absolute atomic E-state index is 14.4. The number of nitrogen functional groups attached to an aromatic ring is 1. The van der Waals surface area contributed by atoms with Crippen LogP contribution in [0.15, 0.2) is 78.9 Å². The highest BCUT2D eigenvalue weighted by Gasteiger charge is 2.26. The highest BCUT2D eigenvalue weighted by atomic mass is 19.1. The van der Waals surface area contributed by atoms with Gasteiger partial charge in [0.25, 0.3) is 5.91 Å². The van der Waals surface area contributed by atoms with E-state index in [4.69, 9.17) is 11.1 Å². The Hall–Kier alpha value is -4.32. The first kappa shape index (κ1) is 24.4. The predicted molar refractivity (Wildman–Crippen MR) is 142 cm³/mol. The van der Waals surface area contributed by atoms with Crippen LogP contribution in [0.4, 0.5) is 8.78 Å². The van der Waals surface area contributed by atoms with Crippen LogP contribution >= 0.6 is 0 Å². The summed E-state index contributed by atoms with van der Waals surface area (Å²) in [6, 6.07) is 22.9. The Balaban J connectivity index is 1.39. The van der Waals surface area contributed by atoms with Gasteiger partial charge in [-0.05, 0) is 64.9 Å². The van der Waals surface area contributed by atoms with Crippen molar-refractivity contribution in [1.82, 2.24) is 5.32 Å². The summed E-state index contributed by atoms with van der Waals surface area (Å²) in [5.74, 6) is -1.09. The quantitative estimate of drug-likeness (QED) is 0.217. The lowest BCUT2D eigenvalue weighted by Gasteiger charge is -2.29. The van der Waals surface area contributed by atoms with Gasteiger partial charge in [0.2, 0.25) is 0 Å². The minimum Gasteiger partial charge on any atom is -0.384 e. The number of amides is 1. The van der Waals surface area contributed by atoms with Gasteiger partial charge in [-0.3, -0.25) is 10.2 Å². The summed E-state index contributed by atoms with van der Waals surface area (Å²) in [4.78, 5) is 12.9. The van der Waals surface area contributed by atoms with Gasteiger partial charge in [-0.25, -0.2) is 8.78 Å². The van der Waals surface area contributed by atoms with Crippen LogP contribution in [0.25, 0.3) is 11.1 Å². The van der Waals surface area contributed by atoms with Crippen LogP contribution in [-0.4, -0.2) is 11.7 Å². The molecule has 1 aliphatic rings. The Bertz CT molecular complexity index is 1530. The van der Waals surface area contributed by atoms with Crippen molar-refractivity contribution in [1.29, 1.82) is 5.41 Å². The lowest BCUT2D eigenvalue weighted by atomic mass is 9.75. The van der Waals surface area contributed by atoms with Crippen LogP contribution in [0.3, 0.4) is 0 Å². The molecule has 0 unspecified atom stereocenters. The van der Waals surface area contributed by atoms with Crippen molar-refractivity contribution in [2.75, 3.05) is 0 Å². The maximum Gasteiger partial charge on any atom is 0.251 e. The zero-order chi connectivity index (χ0) is 26.1. The molecule has 4 aromatic carbocycles. The average Bonchev–Trinajstić information content (AvgIpc) is 2.90. The molecule has 0 aromatic heterocycles. The Labute approximate surface area is 214 Å². The van der Waals surface area contributed by atoms with Crippen LogP contribution in [0.5, 0.6) is 0 Å². The van der Waals surface area contributed by atoms with Crippen LogP contribution in [0.1, 0.15) is 63.0 Å². The fourth-order valence-corrected chi connectivity index (χ4v) is 5.15. The molecule has 0 saturated carbocycles. The molecule has 1 aliphatic carbocycles. The van der Waals surface area contributed by atoms with E-state index in [1.54, 1.807) is 18.2 Å². The molecule has 1 amide bonds. The van der Waals surface area contributed by atoms with E-state index in [1.165, 1.54) is 29.3 Å². The number of hydrogen-bond donors (Lipinski definition) is 3. The van der Waals surface area contributed by atoms with Crippen molar-refractivity contribution in [3.8, 4) is 11.1 Å². The highest BCUT2D eigenvalue weighted by molar-refractivity contribution is 5.95. The van der Waals surface area contributed by atoms with Crippen molar-refractivity contribution in [3.05, 3.63) is 129 Å². The van der Waals surface area contributed by atoms with E-state index in [2.05, 4.69) is 24.4 Å². The molecule has 4 nitrogen and oxygen atoms in total. The molecule has 4 N–H and O–H groups in total. The van der Waals surface area contributed by atoms with Gasteiger partial charge in [0, 0.05) is 34.7 Å². The van der Waals surface area contributed by atoms with Crippen molar-refractivity contribution in [2.24, 2.45) is 5.73 Å². The molecule has 0 saturated heterocycles. The molecule has 5 rings (SSSR count). The fourth-order valence-electron chi connectivity index (χ4n) is 5.15. The second-order valence-electron chi connectivity index (χ2n) is 9.35. The monoisotopic (exact) mass is 495 g/mol. The number of benzene rings is 4. The number of nitrogens with two attached hydrogens (primary N) is 1. The second kappa shape index (κ2) is 9.97. The number of fused-ring (bicyclic) bond motifs is 2. The first-order chi connectivity index (χ1) is 17.9. The summed E-state index contributed by atoms with van der Waals surface area (Å²) in [5.41, 5.74) is 12.6. The topological polar surface area (TPSA) is 79.0 Å². The van der Waals surface area contributed by atoms with Gasteiger partial charge in [-0.2, -0.15) is 0 Å². The molecule has 186 valence electrons. The van der Waals surface area contributed by atoms with Gasteiger partial charge in [0.15, 0.2) is 0 Å². The molecule has 0 spiro atoms. The largest absolute Gasteiger partial charge is 0.384 e. The van der Waals surface area contributed by atoms with Gasteiger partial charge >= 0.3 is 0 Å². The van der Waals surface area contributed by atoms with E-state index in [9.17, 15) is 13.6 Å². The highest BCUT2D eigenvalue weighted by Crippen LogP contribution is 2.40. The van der Waals surface area contributed by atoms with E-state index in [-0.39, 0.29) is 30.0 Å². The minimum absolute atomic E-state index is 0.0202. The molecule has 1 atom stereocenters. The van der Waals surface area contributed by atoms with Gasteiger partial charge < -0.3 is 11.1 Å². The van der Waals surface area contributed by atoms with E-state index in [0.29, 0.717) is 28.7 Å². The van der Waals surface area contributed by atoms with Gasteiger partial charge in [0.05, 0.1) is 0 Å². The lowest BCUT2D eigenvalue weighted by molar-refractivity contribution is 0.0950. The van der Waals surface area contributed by atoms with Crippen LogP contribution < -0.4 is 11.1 Å². The first-order valence-electron chi connectivity index (χ1n) is 12.3. The summed E-state index contributed by atoms with van der Waals surface area (Å²) in [6.45, 7) is 2.16. The number of halogens is 2. The number of rotatable bonds is 6. The van der Waals surface area contributed by atoms with E-state index < -0.39 is 5.82 Å². The fraction of sp³-hybridized carbons (Fsp3) is 0.161. The SMILES string of the molecule is CC[C@@H]1c2ccc(C(=O)NCc3ccc(C(=N)N)cc3F)cc2Cc2cc(-c3ccccc3F)ccc21. The van der Waals surface area contributed by atoms with E-state index in [1.807, 2.05) is 30.3 Å². The molecule has 0 bridgehead atoms. The molecule has 4 aromatic rings. The van der Waals surface area contributed by atoms with Gasteiger partial charge in [-0.15, -0.1) is 0 Å². The summed E-state index contributed by atoms with van der Waals surface area (Å²) >= 11 is 0. The molecule has 0 radical (unpaired) electrons. The average molecular weight is 496 g/mol. The Kier molecular flexibility index (Phi) is 6.57. The minimum atomic E-state index is -0.522. The number of hydrogen-bond acceptors (Lipinski definition) is 2. The van der Waals surface area contributed by atoms with Crippen molar-refractivity contribution >= 4 is 11.7 Å². The molecular weight excluding hydrogens is 468 g/mol. The van der Waals surface area contributed by atoms with Gasteiger partial charge in [0.1, 0.15) is 17.5 Å². The van der Waals surface area contributed by atoms with E-state index in [0.717, 1.165) is 23.1 Å². The standard InChI is InChI=1S/C31H27F2N3O/c1-2-24-25-11-9-18(27-5-3-4-6-28(27)32)13-22(25)15-23-14-20(10-12-26(23)24)31(37)36-17-21-8-7-19(30(34)35)16-29(21)33/h3-14,16,24H,2,15,17H2,1H3,(H3,34,35)(H,36,37)/t24-/m0/s1. The lowest BCUT2D eigenvalue weighted by Crippen LogP contribution is -2.24. The zero-order valence-corrected chi connectivity index (χ0v) is 20.4. The molecule has 0 aliphatic heterocycles. The van der Waals surface area contributed by atoms with Crippen LogP contribution in [-0.2, 0) is 13.0 Å². The predicted octanol–water partition coefficient (Wildman–Crippen LogP) is 6.29. The van der Waals surface area contributed by atoms with Crippen LogP contribution in [0, 0.1) is 17.0 Å². The van der Waals surface area contributed by atoms with Crippen molar-refractivity contribution in [3.63, 3.8) is 0 Å². The van der Waals surface area contributed by atoms with Crippen LogP contribution in [0.2, 0.25) is 0 Å². The number of carbonyl (C=O) groups is 1. The number of carbonyl (C=O) groups excluding carboxylic acids is 1. The molecular formula is C31H27F2N3O. The first-order valence-corrected chi connectivity index (χ1v) is 12.3. The Morgan fingerprint density at radius 2 is 1.62 bits per heavy atom. The maximum atomic E-state index is 14.4. The van der Waals surface area contributed by atoms with Gasteiger partial charge in [-0.1, -0.05) is 61.5 Å². The molecule has 37 heavy (non-hydrogen) atoms. The molecule has 0 fully saturated rings. The van der Waals surface area contributed by atoms with E-state index >= 15 is 0 Å². The summed E-state index contributed by atoms with van der Waals surface area (Å²) in [5, 5.41) is 10.2. The van der Waals surface area contributed by atoms with Crippen molar-refractivity contribution < 1.29 is 13.6 Å². The summed E-state index contributed by atoms with van der Waals surface area (Å²) in [7, 11) is 0. The summed E-state index contributed by atoms with van der Waals surface area (Å²) in [6.07, 6.45) is 1.55.